The summed E-state index contributed by atoms with van der Waals surface area (Å²) in [6, 6.07) is 5.79. The first-order chi connectivity index (χ1) is 9.70. The van der Waals surface area contributed by atoms with Crippen LogP contribution in [0, 0.1) is 0 Å². The summed E-state index contributed by atoms with van der Waals surface area (Å²) in [5.41, 5.74) is 6.57. The fourth-order valence-electron chi connectivity index (χ4n) is 1.66. The van der Waals surface area contributed by atoms with Gasteiger partial charge in [-0.25, -0.2) is 0 Å². The number of thiocarbonyl (C=S) groups is 1. The van der Waals surface area contributed by atoms with Crippen LogP contribution in [-0.2, 0) is 9.47 Å². The summed E-state index contributed by atoms with van der Waals surface area (Å²) in [6.07, 6.45) is 2.87. The summed E-state index contributed by atoms with van der Waals surface area (Å²) in [4.78, 5) is 1.38. The maximum absolute atomic E-state index is 5.77. The van der Waals surface area contributed by atoms with E-state index in [1.54, 1.807) is 18.9 Å². The lowest BCUT2D eigenvalue weighted by atomic mass is 10.2. The highest BCUT2D eigenvalue weighted by atomic mass is 32.2. The third-order valence-corrected chi connectivity index (χ3v) is 3.56. The van der Waals surface area contributed by atoms with Gasteiger partial charge in [-0.1, -0.05) is 18.3 Å². The molecule has 0 aliphatic carbocycles. The maximum Gasteiger partial charge on any atom is 0.130 e. The van der Waals surface area contributed by atoms with E-state index in [-0.39, 0.29) is 0 Å². The van der Waals surface area contributed by atoms with Crippen molar-refractivity contribution in [3.63, 3.8) is 0 Å². The summed E-state index contributed by atoms with van der Waals surface area (Å²) < 4.78 is 16.1. The van der Waals surface area contributed by atoms with Gasteiger partial charge in [0.15, 0.2) is 0 Å². The van der Waals surface area contributed by atoms with Crippen molar-refractivity contribution in [3.8, 4) is 5.75 Å². The van der Waals surface area contributed by atoms with E-state index in [1.807, 2.05) is 24.5 Å². The van der Waals surface area contributed by atoms with Gasteiger partial charge in [-0.2, -0.15) is 0 Å². The van der Waals surface area contributed by atoms with Crippen LogP contribution in [0.4, 0.5) is 0 Å². The zero-order chi connectivity index (χ0) is 14.8. The van der Waals surface area contributed by atoms with Crippen molar-refractivity contribution < 1.29 is 14.2 Å². The van der Waals surface area contributed by atoms with E-state index in [0.717, 1.165) is 16.9 Å². The molecule has 0 amide bonds. The minimum Gasteiger partial charge on any atom is -0.490 e. The van der Waals surface area contributed by atoms with Crippen LogP contribution in [0.25, 0.3) is 0 Å². The molecule has 2 N–H and O–H groups in total. The number of thioether (sulfide) groups is 1. The highest BCUT2D eigenvalue weighted by Gasteiger charge is 2.11. The lowest BCUT2D eigenvalue weighted by molar-refractivity contribution is 0.0805. The Bertz CT molecular complexity index is 427. The van der Waals surface area contributed by atoms with Crippen molar-refractivity contribution in [1.29, 1.82) is 0 Å². The van der Waals surface area contributed by atoms with E-state index in [4.69, 9.17) is 32.2 Å². The first-order valence-electron chi connectivity index (χ1n) is 6.37. The van der Waals surface area contributed by atoms with Crippen molar-refractivity contribution in [2.45, 2.75) is 11.3 Å². The number of ether oxygens (including phenoxy) is 3. The molecule has 1 aromatic rings. The number of methoxy groups -OCH3 is 1. The molecule has 0 bridgehead atoms. The highest BCUT2D eigenvalue weighted by molar-refractivity contribution is 7.98. The molecule has 1 rings (SSSR count). The topological polar surface area (TPSA) is 53.7 Å². The van der Waals surface area contributed by atoms with Gasteiger partial charge >= 0.3 is 0 Å². The smallest absolute Gasteiger partial charge is 0.130 e. The van der Waals surface area contributed by atoms with Gasteiger partial charge in [0.25, 0.3) is 0 Å². The monoisotopic (exact) mass is 315 g/mol. The molecule has 0 aromatic heterocycles. The first-order valence-corrected chi connectivity index (χ1v) is 8.00. The molecule has 4 nitrogen and oxygen atoms in total. The molecule has 1 aromatic carbocycles. The van der Waals surface area contributed by atoms with Crippen molar-refractivity contribution >= 4 is 29.0 Å². The standard InChI is InChI=1S/C14H21NO3S2/c1-16-7-4-8-17-9-10-18-11-5-3-6-12(20-2)13(11)14(15)19/h3,5-6H,4,7-10H2,1-2H3,(H2,15,19). The van der Waals surface area contributed by atoms with Crippen LogP contribution in [0.1, 0.15) is 12.0 Å². The Labute approximate surface area is 130 Å². The predicted molar refractivity (Wildman–Crippen MR) is 86.9 cm³/mol. The largest absolute Gasteiger partial charge is 0.490 e. The molecule has 112 valence electrons. The lowest BCUT2D eigenvalue weighted by Gasteiger charge is -2.13. The second-order valence-electron chi connectivity index (χ2n) is 4.00. The number of rotatable bonds is 10. The second-order valence-corrected chi connectivity index (χ2v) is 5.29. The van der Waals surface area contributed by atoms with Crippen molar-refractivity contribution in [2.75, 3.05) is 39.8 Å². The van der Waals surface area contributed by atoms with E-state index < -0.39 is 0 Å². The van der Waals surface area contributed by atoms with E-state index in [0.29, 0.717) is 37.2 Å². The Balaban J connectivity index is 2.45. The molecule has 0 aliphatic rings. The van der Waals surface area contributed by atoms with E-state index in [2.05, 4.69) is 0 Å². The molecule has 0 unspecified atom stereocenters. The van der Waals surface area contributed by atoms with Gasteiger partial charge in [-0.15, -0.1) is 11.8 Å². The maximum atomic E-state index is 5.77. The Hall–Kier alpha value is -0.820. The molecule has 20 heavy (non-hydrogen) atoms. The fourth-order valence-corrected chi connectivity index (χ4v) is 2.57. The minimum absolute atomic E-state index is 0.353. The molecule has 0 fully saturated rings. The number of benzene rings is 1. The molecule has 6 heteroatoms. The molecular formula is C14H21NO3S2. The Morgan fingerprint density at radius 2 is 2.05 bits per heavy atom. The molecule has 0 heterocycles. The normalized spacial score (nSPS) is 10.5. The van der Waals surface area contributed by atoms with Crippen LogP contribution in [0.3, 0.4) is 0 Å². The van der Waals surface area contributed by atoms with Gasteiger partial charge in [0.1, 0.15) is 17.3 Å². The van der Waals surface area contributed by atoms with Crippen LogP contribution in [-0.4, -0.2) is 44.8 Å². The summed E-state index contributed by atoms with van der Waals surface area (Å²) in [5.74, 6) is 0.713. The average Bonchev–Trinajstić information content (AvgIpc) is 2.45. The lowest BCUT2D eigenvalue weighted by Crippen LogP contribution is -2.15. The van der Waals surface area contributed by atoms with Crippen LogP contribution in [0.2, 0.25) is 0 Å². The summed E-state index contributed by atoms with van der Waals surface area (Å²) >= 11 is 6.69. The summed E-state index contributed by atoms with van der Waals surface area (Å²) in [7, 11) is 1.68. The molecular weight excluding hydrogens is 294 g/mol. The number of nitrogens with two attached hydrogens (primary N) is 1. The number of hydrogen-bond acceptors (Lipinski definition) is 5. The third-order valence-electron chi connectivity index (χ3n) is 2.58. The molecule has 0 saturated carbocycles. The van der Waals surface area contributed by atoms with Crippen LogP contribution >= 0.6 is 24.0 Å². The first kappa shape index (κ1) is 17.2. The van der Waals surface area contributed by atoms with E-state index in [9.17, 15) is 0 Å². The summed E-state index contributed by atoms with van der Waals surface area (Å²) in [5, 5.41) is 0. The van der Waals surface area contributed by atoms with Gasteiger partial charge in [0.05, 0.1) is 12.2 Å². The van der Waals surface area contributed by atoms with Gasteiger partial charge in [0.2, 0.25) is 0 Å². The molecule has 0 saturated heterocycles. The SMILES string of the molecule is COCCCOCCOc1cccc(SC)c1C(N)=S. The van der Waals surface area contributed by atoms with Crippen LogP contribution in [0.15, 0.2) is 23.1 Å². The van der Waals surface area contributed by atoms with Crippen molar-refractivity contribution in [2.24, 2.45) is 5.73 Å². The zero-order valence-electron chi connectivity index (χ0n) is 11.9. The Kier molecular flexibility index (Phi) is 8.60. The quantitative estimate of drug-likeness (QED) is 0.407. The summed E-state index contributed by atoms with van der Waals surface area (Å²) in [6.45, 7) is 2.39. The molecule has 0 atom stereocenters. The van der Waals surface area contributed by atoms with Gasteiger partial charge in [-0.05, 0) is 24.8 Å². The van der Waals surface area contributed by atoms with E-state index in [1.165, 1.54) is 0 Å². The average molecular weight is 315 g/mol. The molecule has 0 aliphatic heterocycles. The van der Waals surface area contributed by atoms with Crippen molar-refractivity contribution in [3.05, 3.63) is 23.8 Å². The Morgan fingerprint density at radius 1 is 1.25 bits per heavy atom. The van der Waals surface area contributed by atoms with Gasteiger partial charge < -0.3 is 19.9 Å². The van der Waals surface area contributed by atoms with E-state index >= 15 is 0 Å². The van der Waals surface area contributed by atoms with Gasteiger partial charge in [0, 0.05) is 25.2 Å². The fraction of sp³-hybridized carbons (Fsp3) is 0.500. The van der Waals surface area contributed by atoms with Crippen LogP contribution in [0.5, 0.6) is 5.75 Å². The molecule has 0 spiro atoms. The van der Waals surface area contributed by atoms with Crippen molar-refractivity contribution in [1.82, 2.24) is 0 Å². The highest BCUT2D eigenvalue weighted by Crippen LogP contribution is 2.28. The third kappa shape index (κ3) is 5.66. The van der Waals surface area contributed by atoms with Gasteiger partial charge in [-0.3, -0.25) is 0 Å². The minimum atomic E-state index is 0.353. The van der Waals surface area contributed by atoms with Crippen LogP contribution < -0.4 is 10.5 Å². The molecule has 0 radical (unpaired) electrons. The number of hydrogen-bond donors (Lipinski definition) is 1. The zero-order valence-corrected chi connectivity index (χ0v) is 13.5. The predicted octanol–water partition coefficient (Wildman–Crippen LogP) is 2.47. The second kappa shape index (κ2) is 9.99. The Morgan fingerprint density at radius 3 is 2.70 bits per heavy atom.